The van der Waals surface area contributed by atoms with Gasteiger partial charge in [0.05, 0.1) is 25.6 Å². The average Bonchev–Trinajstić information content (AvgIpc) is 3.19. The molecule has 1 aliphatic heterocycles. The topological polar surface area (TPSA) is 91.3 Å². The second-order valence-electron chi connectivity index (χ2n) is 7.69. The molecule has 31 heavy (non-hydrogen) atoms. The van der Waals surface area contributed by atoms with Gasteiger partial charge in [0.1, 0.15) is 17.8 Å². The molecule has 8 nitrogen and oxygen atoms in total. The third kappa shape index (κ3) is 3.11. The Bertz CT molecular complexity index is 1270. The van der Waals surface area contributed by atoms with Gasteiger partial charge in [0, 0.05) is 24.8 Å². The first-order valence-corrected chi connectivity index (χ1v) is 10.1. The highest BCUT2D eigenvalue weighted by Crippen LogP contribution is 2.38. The molecule has 0 bridgehead atoms. The number of methoxy groups -OCH3 is 2. The molecule has 4 aromatic rings. The Balaban J connectivity index is 1.66. The summed E-state index contributed by atoms with van der Waals surface area (Å²) in [6, 6.07) is 14.3. The summed E-state index contributed by atoms with van der Waals surface area (Å²) >= 11 is 0. The number of fused-ring (bicyclic) bond motifs is 2. The molecule has 1 unspecified atom stereocenters. The van der Waals surface area contributed by atoms with Crippen molar-refractivity contribution in [1.82, 2.24) is 19.7 Å². The zero-order valence-corrected chi connectivity index (χ0v) is 17.7. The summed E-state index contributed by atoms with van der Waals surface area (Å²) in [5, 5.41) is 5.74. The van der Waals surface area contributed by atoms with Crippen LogP contribution >= 0.6 is 0 Å². The number of nitrogens with two attached hydrogens (primary N) is 1. The van der Waals surface area contributed by atoms with E-state index in [0.29, 0.717) is 17.3 Å². The maximum absolute atomic E-state index is 6.30. The number of nitrogen functional groups attached to an aromatic ring is 1. The molecule has 0 amide bonds. The Morgan fingerprint density at radius 3 is 2.65 bits per heavy atom. The van der Waals surface area contributed by atoms with Crippen LogP contribution in [-0.4, -0.2) is 47.6 Å². The molecule has 3 heterocycles. The van der Waals surface area contributed by atoms with E-state index in [9.17, 15) is 0 Å². The Hall–Kier alpha value is -3.81. The molecule has 0 saturated carbocycles. The summed E-state index contributed by atoms with van der Waals surface area (Å²) in [5.41, 5.74) is 11.2. The lowest BCUT2D eigenvalue weighted by Gasteiger charge is -2.33. The van der Waals surface area contributed by atoms with Crippen LogP contribution in [0.3, 0.4) is 0 Å². The molecule has 0 radical (unpaired) electrons. The highest BCUT2D eigenvalue weighted by Gasteiger charge is 2.28. The minimum atomic E-state index is 0.116. The van der Waals surface area contributed by atoms with Crippen molar-refractivity contribution in [3.63, 3.8) is 0 Å². The maximum atomic E-state index is 6.30. The van der Waals surface area contributed by atoms with Gasteiger partial charge in [-0.1, -0.05) is 18.2 Å². The SMILES string of the molecule is COc1ccc(-c2nn(C3Cc4ccccc4N(C)C3)c3ncnc(N)c23)cc1OC. The van der Waals surface area contributed by atoms with Crippen LogP contribution in [0.4, 0.5) is 11.5 Å². The fourth-order valence-corrected chi connectivity index (χ4v) is 4.39. The van der Waals surface area contributed by atoms with Crippen LogP contribution in [0.2, 0.25) is 0 Å². The van der Waals surface area contributed by atoms with Crippen LogP contribution in [0.25, 0.3) is 22.3 Å². The van der Waals surface area contributed by atoms with E-state index >= 15 is 0 Å². The summed E-state index contributed by atoms with van der Waals surface area (Å²) < 4.78 is 12.9. The van der Waals surface area contributed by atoms with E-state index < -0.39 is 0 Å². The normalized spacial score (nSPS) is 15.7. The van der Waals surface area contributed by atoms with Gasteiger partial charge in [0.2, 0.25) is 0 Å². The first-order valence-electron chi connectivity index (χ1n) is 10.1. The number of nitrogens with zero attached hydrogens (tertiary/aromatic N) is 5. The fourth-order valence-electron chi connectivity index (χ4n) is 4.39. The van der Waals surface area contributed by atoms with Gasteiger partial charge >= 0.3 is 0 Å². The molecular weight excluding hydrogens is 392 g/mol. The van der Waals surface area contributed by atoms with E-state index in [-0.39, 0.29) is 6.04 Å². The van der Waals surface area contributed by atoms with Gasteiger partial charge in [-0.25, -0.2) is 14.6 Å². The fraction of sp³-hybridized carbons (Fsp3) is 0.261. The molecule has 0 aliphatic carbocycles. The standard InChI is InChI=1S/C23H24N6O2/c1-28-12-16(10-14-6-4-5-7-17(14)28)29-23-20(22(24)25-13-26-23)21(27-29)15-8-9-18(30-2)19(11-15)31-3/h4-9,11,13,16H,10,12H2,1-3H3,(H2,24,25,26). The van der Waals surface area contributed by atoms with Crippen LogP contribution < -0.4 is 20.1 Å². The average molecular weight is 416 g/mol. The van der Waals surface area contributed by atoms with E-state index in [0.717, 1.165) is 35.3 Å². The smallest absolute Gasteiger partial charge is 0.164 e. The molecule has 1 atom stereocenters. The second-order valence-corrected chi connectivity index (χ2v) is 7.69. The van der Waals surface area contributed by atoms with Crippen LogP contribution in [-0.2, 0) is 6.42 Å². The van der Waals surface area contributed by atoms with Gasteiger partial charge in [-0.3, -0.25) is 0 Å². The number of anilines is 2. The number of benzene rings is 2. The summed E-state index contributed by atoms with van der Waals surface area (Å²) in [6.45, 7) is 0.822. The molecule has 158 valence electrons. The van der Waals surface area contributed by atoms with Gasteiger partial charge in [-0.2, -0.15) is 5.10 Å². The molecule has 8 heteroatoms. The molecule has 2 aromatic heterocycles. The quantitative estimate of drug-likeness (QED) is 0.546. The molecule has 1 aliphatic rings. The van der Waals surface area contributed by atoms with Gasteiger partial charge in [0.25, 0.3) is 0 Å². The largest absolute Gasteiger partial charge is 0.493 e. The van der Waals surface area contributed by atoms with E-state index in [2.05, 4.69) is 46.2 Å². The summed E-state index contributed by atoms with van der Waals surface area (Å²) in [4.78, 5) is 11.0. The number of rotatable bonds is 4. The third-order valence-electron chi connectivity index (χ3n) is 5.86. The number of para-hydroxylation sites is 1. The Labute approximate surface area is 180 Å². The van der Waals surface area contributed by atoms with Gasteiger partial charge < -0.3 is 20.1 Å². The predicted octanol–water partition coefficient (Wildman–Crippen LogP) is 3.33. The molecule has 0 fully saturated rings. The van der Waals surface area contributed by atoms with Crippen molar-refractivity contribution in [3.05, 3.63) is 54.4 Å². The summed E-state index contributed by atoms with van der Waals surface area (Å²) in [5.74, 6) is 1.69. The number of ether oxygens (including phenoxy) is 2. The lowest BCUT2D eigenvalue weighted by Crippen LogP contribution is -2.34. The van der Waals surface area contributed by atoms with Crippen molar-refractivity contribution in [2.75, 3.05) is 38.4 Å². The lowest BCUT2D eigenvalue weighted by molar-refractivity contribution is 0.355. The van der Waals surface area contributed by atoms with Gasteiger partial charge in [-0.15, -0.1) is 0 Å². The Morgan fingerprint density at radius 2 is 1.84 bits per heavy atom. The van der Waals surface area contributed by atoms with E-state index in [4.69, 9.17) is 20.3 Å². The molecule has 2 aromatic carbocycles. The highest BCUT2D eigenvalue weighted by atomic mass is 16.5. The number of hydrogen-bond acceptors (Lipinski definition) is 7. The minimum absolute atomic E-state index is 0.116. The van der Waals surface area contributed by atoms with E-state index in [1.54, 1.807) is 14.2 Å². The Kier molecular flexibility index (Phi) is 4.62. The number of likely N-dealkylation sites (N-methyl/N-ethyl adjacent to an activating group) is 1. The first-order chi connectivity index (χ1) is 15.1. The maximum Gasteiger partial charge on any atom is 0.164 e. The molecular formula is C23H24N6O2. The zero-order valence-electron chi connectivity index (χ0n) is 17.7. The van der Waals surface area contributed by atoms with Crippen LogP contribution in [0.5, 0.6) is 11.5 Å². The van der Waals surface area contributed by atoms with Crippen LogP contribution in [0, 0.1) is 0 Å². The summed E-state index contributed by atoms with van der Waals surface area (Å²) in [7, 11) is 5.34. The minimum Gasteiger partial charge on any atom is -0.493 e. The van der Waals surface area contributed by atoms with Crippen molar-refractivity contribution >= 4 is 22.5 Å². The predicted molar refractivity (Wildman–Crippen MR) is 121 cm³/mol. The Morgan fingerprint density at radius 1 is 1.03 bits per heavy atom. The van der Waals surface area contributed by atoms with Crippen LogP contribution in [0.15, 0.2) is 48.8 Å². The zero-order chi connectivity index (χ0) is 21.5. The van der Waals surface area contributed by atoms with Crippen LogP contribution in [0.1, 0.15) is 11.6 Å². The lowest BCUT2D eigenvalue weighted by atomic mass is 9.98. The van der Waals surface area contributed by atoms with Crippen molar-refractivity contribution in [2.45, 2.75) is 12.5 Å². The molecule has 0 saturated heterocycles. The van der Waals surface area contributed by atoms with Crippen molar-refractivity contribution in [1.29, 1.82) is 0 Å². The summed E-state index contributed by atoms with van der Waals surface area (Å²) in [6.07, 6.45) is 2.36. The van der Waals surface area contributed by atoms with Gasteiger partial charge in [-0.05, 0) is 36.2 Å². The van der Waals surface area contributed by atoms with Gasteiger partial charge in [0.15, 0.2) is 17.1 Å². The first kappa shape index (κ1) is 19.2. The molecule has 5 rings (SSSR count). The van der Waals surface area contributed by atoms with E-state index in [1.165, 1.54) is 17.6 Å². The second kappa shape index (κ2) is 7.46. The van der Waals surface area contributed by atoms with Crippen molar-refractivity contribution in [2.24, 2.45) is 0 Å². The number of hydrogen-bond donors (Lipinski definition) is 1. The van der Waals surface area contributed by atoms with Crippen molar-refractivity contribution in [3.8, 4) is 22.8 Å². The van der Waals surface area contributed by atoms with E-state index in [1.807, 2.05) is 22.9 Å². The molecule has 0 spiro atoms. The van der Waals surface area contributed by atoms with Crippen molar-refractivity contribution < 1.29 is 9.47 Å². The highest BCUT2D eigenvalue weighted by molar-refractivity contribution is 5.98. The molecule has 2 N–H and O–H groups in total. The monoisotopic (exact) mass is 416 g/mol. The third-order valence-corrected chi connectivity index (χ3v) is 5.86. The number of aromatic nitrogens is 4.